The van der Waals surface area contributed by atoms with Crippen LogP contribution in [0.25, 0.3) is 5.57 Å². The molecule has 1 aliphatic heterocycles. The van der Waals surface area contributed by atoms with Crippen molar-refractivity contribution in [3.05, 3.63) is 94.9 Å². The quantitative estimate of drug-likeness (QED) is 0.577. The third kappa shape index (κ3) is 4.02. The summed E-state index contributed by atoms with van der Waals surface area (Å²) in [5.41, 5.74) is 2.56. The number of carbonyl (C=O) groups is 2. The molecule has 0 aliphatic carbocycles. The van der Waals surface area contributed by atoms with Crippen molar-refractivity contribution in [1.82, 2.24) is 0 Å². The van der Waals surface area contributed by atoms with Crippen LogP contribution in [0.5, 0.6) is 0 Å². The maximum absolute atomic E-state index is 13.7. The first kappa shape index (κ1) is 20.6. The van der Waals surface area contributed by atoms with Crippen LogP contribution in [-0.2, 0) is 9.59 Å². The van der Waals surface area contributed by atoms with Gasteiger partial charge in [0.2, 0.25) is 0 Å². The molecule has 3 aromatic rings. The SMILES string of the molecule is CN(C)c1ccc(N2C(=O)C(Nc3cccc(F)c3)=C(c3ccc(Cl)cc3)C2=O)cc1. The number of halogens is 2. The maximum atomic E-state index is 13.7. The van der Waals surface area contributed by atoms with Crippen LogP contribution in [0.2, 0.25) is 5.02 Å². The van der Waals surface area contributed by atoms with Crippen molar-refractivity contribution >= 4 is 46.1 Å². The van der Waals surface area contributed by atoms with Crippen molar-refractivity contribution in [2.45, 2.75) is 0 Å². The van der Waals surface area contributed by atoms with Gasteiger partial charge in [-0.2, -0.15) is 0 Å². The molecule has 7 heteroatoms. The summed E-state index contributed by atoms with van der Waals surface area (Å²) in [5, 5.41) is 3.45. The molecule has 0 aromatic heterocycles. The highest BCUT2D eigenvalue weighted by Gasteiger charge is 2.40. The number of imide groups is 1. The lowest BCUT2D eigenvalue weighted by atomic mass is 10.0. The molecule has 0 saturated carbocycles. The van der Waals surface area contributed by atoms with E-state index < -0.39 is 17.6 Å². The fourth-order valence-electron chi connectivity index (χ4n) is 3.37. The van der Waals surface area contributed by atoms with Gasteiger partial charge in [-0.15, -0.1) is 0 Å². The van der Waals surface area contributed by atoms with E-state index in [2.05, 4.69) is 5.32 Å². The number of nitrogens with zero attached hydrogens (tertiary/aromatic N) is 2. The lowest BCUT2D eigenvalue weighted by Crippen LogP contribution is -2.32. The molecule has 0 radical (unpaired) electrons. The predicted octanol–water partition coefficient (Wildman–Crippen LogP) is 4.94. The van der Waals surface area contributed by atoms with Gasteiger partial charge in [-0.1, -0.05) is 29.8 Å². The molecule has 1 N–H and O–H groups in total. The van der Waals surface area contributed by atoms with Crippen molar-refractivity contribution in [3.63, 3.8) is 0 Å². The Kier molecular flexibility index (Phi) is 5.48. The van der Waals surface area contributed by atoms with Gasteiger partial charge in [0.05, 0.1) is 11.3 Å². The molecule has 0 bridgehead atoms. The Morgan fingerprint density at radius 3 is 2.19 bits per heavy atom. The first-order chi connectivity index (χ1) is 14.8. The van der Waals surface area contributed by atoms with Crippen molar-refractivity contribution in [2.24, 2.45) is 0 Å². The van der Waals surface area contributed by atoms with Crippen LogP contribution in [0.1, 0.15) is 5.56 Å². The summed E-state index contributed by atoms with van der Waals surface area (Å²) in [6, 6.07) is 19.5. The van der Waals surface area contributed by atoms with E-state index in [9.17, 15) is 14.0 Å². The Morgan fingerprint density at radius 2 is 1.58 bits per heavy atom. The molecule has 0 spiro atoms. The molecular weight excluding hydrogens is 417 g/mol. The zero-order valence-electron chi connectivity index (χ0n) is 16.9. The number of nitrogens with one attached hydrogen (secondary N) is 1. The minimum atomic E-state index is -0.517. The average molecular weight is 436 g/mol. The number of benzene rings is 3. The van der Waals surface area contributed by atoms with Crippen LogP contribution in [0.3, 0.4) is 0 Å². The van der Waals surface area contributed by atoms with E-state index in [-0.39, 0.29) is 11.3 Å². The topological polar surface area (TPSA) is 52.6 Å². The standard InChI is InChI=1S/C24H19ClFN3O2/c1-28(2)19-10-12-20(13-11-19)29-23(30)21(15-6-8-16(25)9-7-15)22(24(29)31)27-18-5-3-4-17(26)14-18/h3-14,27H,1-2H3. The molecule has 4 rings (SSSR count). The first-order valence-electron chi connectivity index (χ1n) is 9.54. The highest BCUT2D eigenvalue weighted by molar-refractivity contribution is 6.46. The maximum Gasteiger partial charge on any atom is 0.282 e. The van der Waals surface area contributed by atoms with Gasteiger partial charge < -0.3 is 10.2 Å². The molecule has 1 heterocycles. The van der Waals surface area contributed by atoms with Crippen LogP contribution >= 0.6 is 11.6 Å². The monoisotopic (exact) mass is 435 g/mol. The van der Waals surface area contributed by atoms with Crippen molar-refractivity contribution in [1.29, 1.82) is 0 Å². The largest absolute Gasteiger partial charge is 0.378 e. The number of anilines is 3. The molecule has 0 saturated heterocycles. The smallest absolute Gasteiger partial charge is 0.282 e. The number of carbonyl (C=O) groups excluding carboxylic acids is 2. The van der Waals surface area contributed by atoms with E-state index >= 15 is 0 Å². The van der Waals surface area contributed by atoms with Crippen molar-refractivity contribution in [2.75, 3.05) is 29.2 Å². The minimum absolute atomic E-state index is 0.0783. The van der Waals surface area contributed by atoms with E-state index in [1.54, 1.807) is 42.5 Å². The van der Waals surface area contributed by atoms with Gasteiger partial charge >= 0.3 is 0 Å². The third-order valence-electron chi connectivity index (χ3n) is 4.94. The molecule has 0 atom stereocenters. The van der Waals surface area contributed by atoms with Gasteiger partial charge in [-0.3, -0.25) is 9.59 Å². The Balaban J connectivity index is 1.78. The predicted molar refractivity (Wildman–Crippen MR) is 122 cm³/mol. The van der Waals surface area contributed by atoms with Crippen LogP contribution in [-0.4, -0.2) is 25.9 Å². The molecule has 3 aromatic carbocycles. The highest BCUT2D eigenvalue weighted by atomic mass is 35.5. The second kappa shape index (κ2) is 8.24. The van der Waals surface area contributed by atoms with E-state index in [0.717, 1.165) is 10.6 Å². The van der Waals surface area contributed by atoms with E-state index in [4.69, 9.17) is 11.6 Å². The molecule has 5 nitrogen and oxygen atoms in total. The van der Waals surface area contributed by atoms with Gasteiger partial charge in [0.25, 0.3) is 11.8 Å². The molecule has 156 valence electrons. The lowest BCUT2D eigenvalue weighted by molar-refractivity contribution is -0.120. The van der Waals surface area contributed by atoms with Gasteiger partial charge in [0.1, 0.15) is 11.5 Å². The van der Waals surface area contributed by atoms with Gasteiger partial charge in [0.15, 0.2) is 0 Å². The second-order valence-corrected chi connectivity index (χ2v) is 7.69. The van der Waals surface area contributed by atoms with Crippen LogP contribution in [0, 0.1) is 5.82 Å². The number of hydrogen-bond acceptors (Lipinski definition) is 4. The van der Waals surface area contributed by atoms with Crippen LogP contribution in [0.4, 0.5) is 21.5 Å². The van der Waals surface area contributed by atoms with E-state index in [1.165, 1.54) is 18.2 Å². The Morgan fingerprint density at radius 1 is 0.903 bits per heavy atom. The lowest BCUT2D eigenvalue weighted by Gasteiger charge is -2.18. The molecule has 1 aliphatic rings. The minimum Gasteiger partial charge on any atom is -0.378 e. The van der Waals surface area contributed by atoms with E-state index in [1.807, 2.05) is 31.1 Å². The summed E-state index contributed by atoms with van der Waals surface area (Å²) in [6.07, 6.45) is 0. The van der Waals surface area contributed by atoms with Gasteiger partial charge in [-0.25, -0.2) is 9.29 Å². The number of amides is 2. The average Bonchev–Trinajstić information content (AvgIpc) is 2.98. The van der Waals surface area contributed by atoms with Crippen LogP contribution in [0.15, 0.2) is 78.5 Å². The Hall–Kier alpha value is -3.64. The van der Waals surface area contributed by atoms with E-state index in [0.29, 0.717) is 22.0 Å². The van der Waals surface area contributed by atoms with Crippen molar-refractivity contribution in [3.8, 4) is 0 Å². The molecular formula is C24H19ClFN3O2. The van der Waals surface area contributed by atoms with Crippen molar-refractivity contribution < 1.29 is 14.0 Å². The molecule has 31 heavy (non-hydrogen) atoms. The Bertz CT molecular complexity index is 1190. The first-order valence-corrected chi connectivity index (χ1v) is 9.92. The third-order valence-corrected chi connectivity index (χ3v) is 5.19. The number of hydrogen-bond donors (Lipinski definition) is 1. The number of rotatable bonds is 5. The summed E-state index contributed by atoms with van der Waals surface area (Å²) in [6.45, 7) is 0. The zero-order chi connectivity index (χ0) is 22.1. The zero-order valence-corrected chi connectivity index (χ0v) is 17.7. The fourth-order valence-corrected chi connectivity index (χ4v) is 3.50. The molecule has 0 fully saturated rings. The van der Waals surface area contributed by atoms with Gasteiger partial charge in [0, 0.05) is 30.5 Å². The Labute approximate surface area is 184 Å². The van der Waals surface area contributed by atoms with Gasteiger partial charge in [-0.05, 0) is 60.2 Å². The normalized spacial score (nSPS) is 13.7. The summed E-state index contributed by atoms with van der Waals surface area (Å²) >= 11 is 5.99. The highest BCUT2D eigenvalue weighted by Crippen LogP contribution is 2.34. The summed E-state index contributed by atoms with van der Waals surface area (Å²) in [4.78, 5) is 29.7. The summed E-state index contributed by atoms with van der Waals surface area (Å²) in [5.74, 6) is -1.44. The fraction of sp³-hybridized carbons (Fsp3) is 0.0833. The van der Waals surface area contributed by atoms with Crippen LogP contribution < -0.4 is 15.1 Å². The summed E-state index contributed by atoms with van der Waals surface area (Å²) in [7, 11) is 3.81. The molecule has 0 unspecified atom stereocenters. The molecule has 2 amide bonds. The summed E-state index contributed by atoms with van der Waals surface area (Å²) < 4.78 is 13.7. The second-order valence-electron chi connectivity index (χ2n) is 7.25.